The number of primary amides is 1. The number of nitrogens with one attached hydrogen (secondary N) is 2. The summed E-state index contributed by atoms with van der Waals surface area (Å²) in [6, 6.07) is 3.41. The summed E-state index contributed by atoms with van der Waals surface area (Å²) in [5, 5.41) is 1.78. The molecule has 0 unspecified atom stereocenters. The van der Waals surface area contributed by atoms with Crippen molar-refractivity contribution in [2.24, 2.45) is 5.73 Å². The number of thioether (sulfide) groups is 1. The molecule has 1 aromatic rings. The highest BCUT2D eigenvalue weighted by atomic mass is 32.2. The van der Waals surface area contributed by atoms with Gasteiger partial charge in [0.1, 0.15) is 0 Å². The number of nitrogens with two attached hydrogens (primary N) is 1. The third-order valence-electron chi connectivity index (χ3n) is 1.78. The zero-order chi connectivity index (χ0) is 13.4. The Bertz CT molecular complexity index is 420. The first-order valence-corrected chi connectivity index (χ1v) is 7.12. The first-order valence-electron chi connectivity index (χ1n) is 5.08. The SMILES string of the molecule is NC(=O)CSCCC(=O)NNC(=O)c1cccs1. The summed E-state index contributed by atoms with van der Waals surface area (Å²) < 4.78 is 0. The number of carbonyl (C=O) groups is 3. The summed E-state index contributed by atoms with van der Waals surface area (Å²) in [6.45, 7) is 0. The van der Waals surface area contributed by atoms with Gasteiger partial charge in [0.2, 0.25) is 11.8 Å². The number of hydrazine groups is 1. The molecule has 0 fully saturated rings. The van der Waals surface area contributed by atoms with E-state index in [-0.39, 0.29) is 24.0 Å². The van der Waals surface area contributed by atoms with Gasteiger partial charge in [-0.1, -0.05) is 6.07 Å². The van der Waals surface area contributed by atoms with Crippen molar-refractivity contribution in [3.05, 3.63) is 22.4 Å². The Morgan fingerprint density at radius 3 is 2.72 bits per heavy atom. The summed E-state index contributed by atoms with van der Waals surface area (Å²) >= 11 is 2.56. The maximum Gasteiger partial charge on any atom is 0.279 e. The van der Waals surface area contributed by atoms with Gasteiger partial charge >= 0.3 is 0 Å². The van der Waals surface area contributed by atoms with Gasteiger partial charge in [0.05, 0.1) is 10.6 Å². The Labute approximate surface area is 112 Å². The highest BCUT2D eigenvalue weighted by molar-refractivity contribution is 7.99. The van der Waals surface area contributed by atoms with Crippen molar-refractivity contribution in [2.45, 2.75) is 6.42 Å². The molecule has 1 rings (SSSR count). The lowest BCUT2D eigenvalue weighted by atomic mass is 10.4. The van der Waals surface area contributed by atoms with Crippen LogP contribution >= 0.6 is 23.1 Å². The number of hydrogen-bond acceptors (Lipinski definition) is 5. The standard InChI is InChI=1S/C10H13N3O3S2/c11-8(14)6-17-5-3-9(15)12-13-10(16)7-2-1-4-18-7/h1-2,4H,3,5-6H2,(H2,11,14)(H,12,15)(H,13,16). The summed E-state index contributed by atoms with van der Waals surface area (Å²) in [5.74, 6) is -0.398. The second-order valence-electron chi connectivity index (χ2n) is 3.25. The second-order valence-corrected chi connectivity index (χ2v) is 5.30. The minimum Gasteiger partial charge on any atom is -0.369 e. The average molecular weight is 287 g/mol. The van der Waals surface area contributed by atoms with E-state index in [0.717, 1.165) is 0 Å². The molecule has 0 saturated carbocycles. The predicted molar refractivity (Wildman–Crippen MR) is 71.1 cm³/mol. The molecule has 8 heteroatoms. The Morgan fingerprint density at radius 1 is 1.33 bits per heavy atom. The molecule has 0 aliphatic heterocycles. The minimum atomic E-state index is -0.411. The fourth-order valence-electron chi connectivity index (χ4n) is 0.996. The fraction of sp³-hybridized carbons (Fsp3) is 0.300. The molecule has 0 atom stereocenters. The van der Waals surface area contributed by atoms with Crippen LogP contribution in [-0.4, -0.2) is 29.2 Å². The van der Waals surface area contributed by atoms with Gasteiger partial charge in [0.25, 0.3) is 5.91 Å². The van der Waals surface area contributed by atoms with Crippen LogP contribution in [0.25, 0.3) is 0 Å². The molecule has 18 heavy (non-hydrogen) atoms. The molecule has 0 aliphatic rings. The molecule has 6 nitrogen and oxygen atoms in total. The minimum absolute atomic E-state index is 0.189. The fourth-order valence-corrected chi connectivity index (χ4v) is 2.29. The lowest BCUT2D eigenvalue weighted by Gasteiger charge is -2.05. The largest absolute Gasteiger partial charge is 0.369 e. The molecular formula is C10H13N3O3S2. The van der Waals surface area contributed by atoms with E-state index in [1.165, 1.54) is 23.1 Å². The first kappa shape index (κ1) is 14.5. The molecular weight excluding hydrogens is 274 g/mol. The Balaban J connectivity index is 2.13. The molecule has 1 aromatic heterocycles. The van der Waals surface area contributed by atoms with Crippen LogP contribution in [0.4, 0.5) is 0 Å². The van der Waals surface area contributed by atoms with E-state index >= 15 is 0 Å². The second kappa shape index (κ2) is 7.72. The van der Waals surface area contributed by atoms with E-state index in [1.54, 1.807) is 17.5 Å². The van der Waals surface area contributed by atoms with Gasteiger partial charge in [-0.3, -0.25) is 25.2 Å². The quantitative estimate of drug-likeness (QED) is 0.511. The van der Waals surface area contributed by atoms with E-state index in [0.29, 0.717) is 10.6 Å². The van der Waals surface area contributed by atoms with Gasteiger partial charge < -0.3 is 5.73 Å². The zero-order valence-electron chi connectivity index (χ0n) is 9.47. The Kier molecular flexibility index (Phi) is 6.23. The third-order valence-corrected chi connectivity index (χ3v) is 3.63. The first-order chi connectivity index (χ1) is 8.59. The Hall–Kier alpha value is -1.54. The average Bonchev–Trinajstić information content (AvgIpc) is 2.85. The van der Waals surface area contributed by atoms with Crippen LogP contribution in [0, 0.1) is 0 Å². The van der Waals surface area contributed by atoms with E-state index < -0.39 is 5.91 Å². The van der Waals surface area contributed by atoms with Crippen LogP contribution in [0.3, 0.4) is 0 Å². The van der Waals surface area contributed by atoms with Crippen molar-refractivity contribution in [3.63, 3.8) is 0 Å². The van der Waals surface area contributed by atoms with Crippen molar-refractivity contribution in [1.29, 1.82) is 0 Å². The lowest BCUT2D eigenvalue weighted by molar-refractivity contribution is -0.121. The summed E-state index contributed by atoms with van der Waals surface area (Å²) in [7, 11) is 0. The van der Waals surface area contributed by atoms with Crippen LogP contribution in [0.15, 0.2) is 17.5 Å². The molecule has 3 amide bonds. The van der Waals surface area contributed by atoms with Gasteiger partial charge in [0, 0.05) is 12.2 Å². The van der Waals surface area contributed by atoms with Gasteiger partial charge in [-0.2, -0.15) is 11.8 Å². The number of thiophene rings is 1. The highest BCUT2D eigenvalue weighted by Gasteiger charge is 2.07. The van der Waals surface area contributed by atoms with Crippen molar-refractivity contribution in [1.82, 2.24) is 10.9 Å². The summed E-state index contributed by atoms with van der Waals surface area (Å²) in [6.07, 6.45) is 0.211. The molecule has 98 valence electrons. The maximum absolute atomic E-state index is 11.4. The van der Waals surface area contributed by atoms with Crippen LogP contribution < -0.4 is 16.6 Å². The van der Waals surface area contributed by atoms with Crippen LogP contribution in [0.5, 0.6) is 0 Å². The predicted octanol–water partition coefficient (Wildman–Crippen LogP) is 0.118. The number of amides is 3. The van der Waals surface area contributed by atoms with Crippen molar-refractivity contribution >= 4 is 40.8 Å². The summed E-state index contributed by atoms with van der Waals surface area (Å²) in [4.78, 5) is 33.7. The molecule has 0 aromatic carbocycles. The smallest absolute Gasteiger partial charge is 0.279 e. The molecule has 0 spiro atoms. The maximum atomic E-state index is 11.4. The van der Waals surface area contributed by atoms with Crippen molar-refractivity contribution in [3.8, 4) is 0 Å². The number of rotatable bonds is 6. The molecule has 0 bridgehead atoms. The highest BCUT2D eigenvalue weighted by Crippen LogP contribution is 2.07. The monoisotopic (exact) mass is 287 g/mol. The van der Waals surface area contributed by atoms with Gasteiger partial charge in [-0.15, -0.1) is 11.3 Å². The molecule has 0 radical (unpaired) electrons. The molecule has 0 saturated heterocycles. The normalized spacial score (nSPS) is 9.78. The third kappa shape index (κ3) is 5.69. The number of hydrogen-bond donors (Lipinski definition) is 3. The van der Waals surface area contributed by atoms with Gasteiger partial charge in [0.15, 0.2) is 0 Å². The van der Waals surface area contributed by atoms with Crippen LogP contribution in [-0.2, 0) is 9.59 Å². The molecule has 4 N–H and O–H groups in total. The summed E-state index contributed by atoms with van der Waals surface area (Å²) in [5.41, 5.74) is 9.55. The Morgan fingerprint density at radius 2 is 2.11 bits per heavy atom. The number of carbonyl (C=O) groups excluding carboxylic acids is 3. The van der Waals surface area contributed by atoms with E-state index in [2.05, 4.69) is 10.9 Å². The van der Waals surface area contributed by atoms with Crippen LogP contribution in [0.2, 0.25) is 0 Å². The van der Waals surface area contributed by atoms with Crippen molar-refractivity contribution in [2.75, 3.05) is 11.5 Å². The van der Waals surface area contributed by atoms with E-state index in [4.69, 9.17) is 5.73 Å². The van der Waals surface area contributed by atoms with Crippen LogP contribution in [0.1, 0.15) is 16.1 Å². The van der Waals surface area contributed by atoms with Gasteiger partial charge in [-0.05, 0) is 11.4 Å². The lowest BCUT2D eigenvalue weighted by Crippen LogP contribution is -2.41. The van der Waals surface area contributed by atoms with Gasteiger partial charge in [-0.25, -0.2) is 0 Å². The van der Waals surface area contributed by atoms with E-state index in [9.17, 15) is 14.4 Å². The van der Waals surface area contributed by atoms with Crippen molar-refractivity contribution < 1.29 is 14.4 Å². The molecule has 0 aliphatic carbocycles. The zero-order valence-corrected chi connectivity index (χ0v) is 11.1. The van der Waals surface area contributed by atoms with E-state index in [1.807, 2.05) is 0 Å². The molecule has 1 heterocycles. The topological polar surface area (TPSA) is 101 Å².